The first kappa shape index (κ1) is 13.2. The molecule has 1 aromatic carbocycles. The van der Waals surface area contributed by atoms with Gasteiger partial charge in [-0.15, -0.1) is 0 Å². The number of rotatable bonds is 5. The van der Waals surface area contributed by atoms with Gasteiger partial charge in [0.15, 0.2) is 0 Å². The Bertz CT molecular complexity index is 431. The molecular weight excluding hydrogens is 230 g/mol. The summed E-state index contributed by atoms with van der Waals surface area (Å²) >= 11 is 0. The van der Waals surface area contributed by atoms with Crippen LogP contribution in [0, 0.1) is 5.41 Å². The van der Waals surface area contributed by atoms with E-state index in [0.717, 1.165) is 12.5 Å². The van der Waals surface area contributed by atoms with Crippen molar-refractivity contribution in [2.75, 3.05) is 6.54 Å². The Hall–Kier alpha value is -0.820. The van der Waals surface area contributed by atoms with E-state index in [4.69, 9.17) is 0 Å². The SMILES string of the molecule is CCNC(CC1Cc2ccccc21)C1(C)CCCC1. The number of nitrogens with one attached hydrogen (secondary N) is 1. The fourth-order valence-corrected chi connectivity index (χ4v) is 4.25. The molecular formula is C18H27N. The van der Waals surface area contributed by atoms with Crippen molar-refractivity contribution in [3.8, 4) is 0 Å². The maximum Gasteiger partial charge on any atom is 0.0127 e. The van der Waals surface area contributed by atoms with Crippen LogP contribution in [0.25, 0.3) is 0 Å². The van der Waals surface area contributed by atoms with Crippen LogP contribution < -0.4 is 5.32 Å². The van der Waals surface area contributed by atoms with Gasteiger partial charge < -0.3 is 5.32 Å². The topological polar surface area (TPSA) is 12.0 Å². The number of hydrogen-bond donors (Lipinski definition) is 1. The Labute approximate surface area is 117 Å². The molecule has 1 aromatic rings. The average molecular weight is 257 g/mol. The molecule has 0 aromatic heterocycles. The molecule has 1 saturated carbocycles. The van der Waals surface area contributed by atoms with Crippen LogP contribution in [0.1, 0.15) is 63.0 Å². The van der Waals surface area contributed by atoms with Gasteiger partial charge in [-0.05, 0) is 54.7 Å². The van der Waals surface area contributed by atoms with E-state index in [2.05, 4.69) is 43.4 Å². The molecule has 19 heavy (non-hydrogen) atoms. The Balaban J connectivity index is 1.70. The third-order valence-electron chi connectivity index (χ3n) is 5.52. The molecule has 2 atom stereocenters. The summed E-state index contributed by atoms with van der Waals surface area (Å²) in [5.74, 6) is 0.803. The lowest BCUT2D eigenvalue weighted by atomic mass is 9.69. The summed E-state index contributed by atoms with van der Waals surface area (Å²) in [6.45, 7) is 5.87. The van der Waals surface area contributed by atoms with E-state index in [1.165, 1.54) is 38.5 Å². The molecule has 0 spiro atoms. The van der Waals surface area contributed by atoms with Gasteiger partial charge in [-0.25, -0.2) is 0 Å². The molecule has 1 nitrogen and oxygen atoms in total. The normalized spacial score (nSPS) is 25.7. The molecule has 0 heterocycles. The van der Waals surface area contributed by atoms with E-state index in [1.54, 1.807) is 11.1 Å². The van der Waals surface area contributed by atoms with Crippen molar-refractivity contribution in [3.05, 3.63) is 35.4 Å². The van der Waals surface area contributed by atoms with Gasteiger partial charge >= 0.3 is 0 Å². The van der Waals surface area contributed by atoms with Gasteiger partial charge in [-0.2, -0.15) is 0 Å². The summed E-state index contributed by atoms with van der Waals surface area (Å²) in [6, 6.07) is 9.72. The first-order valence-corrected chi connectivity index (χ1v) is 8.04. The van der Waals surface area contributed by atoms with Crippen LogP contribution in [0.2, 0.25) is 0 Å². The van der Waals surface area contributed by atoms with E-state index >= 15 is 0 Å². The lowest BCUT2D eigenvalue weighted by Crippen LogP contribution is -2.44. The largest absolute Gasteiger partial charge is 0.314 e. The molecule has 2 aliphatic carbocycles. The second kappa shape index (κ2) is 5.28. The fourth-order valence-electron chi connectivity index (χ4n) is 4.25. The van der Waals surface area contributed by atoms with E-state index in [0.29, 0.717) is 11.5 Å². The Morgan fingerprint density at radius 3 is 2.68 bits per heavy atom. The first-order valence-electron chi connectivity index (χ1n) is 8.04. The van der Waals surface area contributed by atoms with Gasteiger partial charge in [0, 0.05) is 6.04 Å². The molecule has 0 saturated heterocycles. The standard InChI is InChI=1S/C18H27N/c1-3-19-17(18(2)10-6-7-11-18)13-15-12-14-8-4-5-9-16(14)15/h4-5,8-9,15,17,19H,3,6-7,10-13H2,1-2H3. The van der Waals surface area contributed by atoms with E-state index in [9.17, 15) is 0 Å². The molecule has 3 rings (SSSR count). The fraction of sp³-hybridized carbons (Fsp3) is 0.667. The lowest BCUT2D eigenvalue weighted by molar-refractivity contribution is 0.199. The summed E-state index contributed by atoms with van der Waals surface area (Å²) in [6.07, 6.45) is 8.33. The lowest BCUT2D eigenvalue weighted by Gasteiger charge is -2.40. The van der Waals surface area contributed by atoms with E-state index in [-0.39, 0.29) is 0 Å². The predicted molar refractivity (Wildman–Crippen MR) is 81.5 cm³/mol. The molecule has 0 radical (unpaired) electrons. The zero-order chi connectivity index (χ0) is 13.3. The van der Waals surface area contributed by atoms with Crippen molar-refractivity contribution in [1.82, 2.24) is 5.32 Å². The number of benzene rings is 1. The molecule has 1 heteroatoms. The van der Waals surface area contributed by atoms with Crippen LogP contribution >= 0.6 is 0 Å². The summed E-state index contributed by atoms with van der Waals surface area (Å²) in [7, 11) is 0. The molecule has 1 N–H and O–H groups in total. The zero-order valence-electron chi connectivity index (χ0n) is 12.4. The van der Waals surface area contributed by atoms with Crippen molar-refractivity contribution < 1.29 is 0 Å². The molecule has 104 valence electrons. The maximum absolute atomic E-state index is 3.79. The third-order valence-corrected chi connectivity index (χ3v) is 5.52. The van der Waals surface area contributed by atoms with Crippen molar-refractivity contribution in [2.24, 2.45) is 5.41 Å². The minimum Gasteiger partial charge on any atom is -0.314 e. The van der Waals surface area contributed by atoms with Gasteiger partial charge in [0.05, 0.1) is 0 Å². The van der Waals surface area contributed by atoms with Crippen LogP contribution in [-0.2, 0) is 6.42 Å². The Kier molecular flexibility index (Phi) is 3.66. The highest BCUT2D eigenvalue weighted by molar-refractivity contribution is 5.40. The second-order valence-corrected chi connectivity index (χ2v) is 6.81. The number of fused-ring (bicyclic) bond motifs is 1. The minimum absolute atomic E-state index is 0.542. The second-order valence-electron chi connectivity index (χ2n) is 6.81. The van der Waals surface area contributed by atoms with Gasteiger partial charge in [0.25, 0.3) is 0 Å². The van der Waals surface area contributed by atoms with Crippen LogP contribution in [-0.4, -0.2) is 12.6 Å². The van der Waals surface area contributed by atoms with Gasteiger partial charge in [-0.1, -0.05) is 51.0 Å². The van der Waals surface area contributed by atoms with Crippen molar-refractivity contribution in [3.63, 3.8) is 0 Å². The Morgan fingerprint density at radius 1 is 1.26 bits per heavy atom. The molecule has 1 fully saturated rings. The predicted octanol–water partition coefficient (Wildman–Crippen LogP) is 4.27. The zero-order valence-corrected chi connectivity index (χ0v) is 12.4. The highest BCUT2D eigenvalue weighted by Gasteiger charge is 2.39. The summed E-state index contributed by atoms with van der Waals surface area (Å²) in [5.41, 5.74) is 3.74. The van der Waals surface area contributed by atoms with Crippen molar-refractivity contribution >= 4 is 0 Å². The molecule has 0 amide bonds. The van der Waals surface area contributed by atoms with Crippen LogP contribution in [0.4, 0.5) is 0 Å². The monoisotopic (exact) mass is 257 g/mol. The average Bonchev–Trinajstić information content (AvgIpc) is 2.83. The van der Waals surface area contributed by atoms with Gasteiger partial charge in [-0.3, -0.25) is 0 Å². The van der Waals surface area contributed by atoms with E-state index in [1.807, 2.05) is 0 Å². The summed E-state index contributed by atoms with van der Waals surface area (Å²) in [5, 5.41) is 3.79. The van der Waals surface area contributed by atoms with Gasteiger partial charge in [0.1, 0.15) is 0 Å². The third kappa shape index (κ3) is 2.45. The smallest absolute Gasteiger partial charge is 0.0127 e. The van der Waals surface area contributed by atoms with Crippen molar-refractivity contribution in [1.29, 1.82) is 0 Å². The van der Waals surface area contributed by atoms with Gasteiger partial charge in [0.2, 0.25) is 0 Å². The number of hydrogen-bond acceptors (Lipinski definition) is 1. The summed E-state index contributed by atoms with van der Waals surface area (Å²) in [4.78, 5) is 0. The highest BCUT2D eigenvalue weighted by Crippen LogP contribution is 2.46. The molecule has 2 aliphatic rings. The minimum atomic E-state index is 0.542. The van der Waals surface area contributed by atoms with Crippen LogP contribution in [0.5, 0.6) is 0 Å². The van der Waals surface area contributed by atoms with E-state index < -0.39 is 0 Å². The quantitative estimate of drug-likeness (QED) is 0.830. The molecule has 0 bridgehead atoms. The molecule has 2 unspecified atom stereocenters. The Morgan fingerprint density at radius 2 is 2.00 bits per heavy atom. The van der Waals surface area contributed by atoms with Crippen LogP contribution in [0.15, 0.2) is 24.3 Å². The van der Waals surface area contributed by atoms with Crippen LogP contribution in [0.3, 0.4) is 0 Å². The maximum atomic E-state index is 3.79. The first-order chi connectivity index (χ1) is 9.23. The van der Waals surface area contributed by atoms with Crippen molar-refractivity contribution in [2.45, 2.75) is 64.3 Å². The summed E-state index contributed by atoms with van der Waals surface area (Å²) < 4.78 is 0. The highest BCUT2D eigenvalue weighted by atomic mass is 14.9. The molecule has 0 aliphatic heterocycles.